The van der Waals surface area contributed by atoms with Crippen molar-refractivity contribution < 1.29 is 145 Å². The number of benzene rings is 6. The van der Waals surface area contributed by atoms with Gasteiger partial charge in [0.2, 0.25) is 0 Å². The van der Waals surface area contributed by atoms with E-state index in [1.54, 1.807) is 0 Å². The van der Waals surface area contributed by atoms with E-state index in [1.165, 1.54) is 0 Å². The van der Waals surface area contributed by atoms with Gasteiger partial charge in [-0.05, 0) is 72.8 Å². The van der Waals surface area contributed by atoms with Gasteiger partial charge in [-0.15, -0.1) is 14.7 Å². The minimum absolute atomic E-state index is 0.729. The first-order valence-electron chi connectivity index (χ1n) is 23.7. The number of rotatable bonds is 1. The number of aliphatic hydroxyl groups is 2. The van der Waals surface area contributed by atoms with Crippen molar-refractivity contribution in [1.82, 2.24) is 0 Å². The molecule has 6 aliphatic rings. The second-order valence-electron chi connectivity index (χ2n) is 17.8. The van der Waals surface area contributed by atoms with Crippen LogP contribution in [0, 0.1) is 0 Å². The summed E-state index contributed by atoms with van der Waals surface area (Å²) in [6.45, 7) is 0. The van der Waals surface area contributed by atoms with E-state index < -0.39 is 173 Å². The molecule has 6 heterocycles. The van der Waals surface area contributed by atoms with Gasteiger partial charge in [-0.25, -0.2) is 57.5 Å². The molecule has 0 radical (unpaired) electrons. The molecule has 0 aromatic heterocycles. The first-order chi connectivity index (χ1) is 40.2. The summed E-state index contributed by atoms with van der Waals surface area (Å²) < 4.78 is 45.4. The minimum atomic E-state index is -5.84. The highest BCUT2D eigenvalue weighted by Crippen LogP contribution is 2.60. The Morgan fingerprint density at radius 2 is 0.440 bits per heavy atom. The molecule has 30 nitrogen and oxygen atoms in total. The fourth-order valence-electron chi connectivity index (χ4n) is 9.22. The average Bonchev–Trinajstić information content (AvgIpc) is 0.997. The topological polar surface area (TPSA) is 393 Å². The van der Waals surface area contributed by atoms with E-state index in [9.17, 15) is 48.6 Å². The molecule has 2 spiro atoms. The molecule has 0 amide bonds. The molecule has 422 valence electrons. The molecule has 0 fully saturated rings. The molecule has 30 heteroatoms. The fourth-order valence-corrected chi connectivity index (χ4v) is 9.22. The smallest absolute Gasteiger partial charge is 0.415 e. The third-order valence-electron chi connectivity index (χ3n) is 13.1. The lowest BCUT2D eigenvalue weighted by Gasteiger charge is -2.56. The number of esters is 8. The standard InChI is InChI=1S/C54H26O30/c55-37-25-13-1-2-14-26(25)39(57)71-51-49(67,69-37)50(81-77-45(63)35-23-11-12-24-36(35)48(66)80-84-54(51)75-43(61)31-19-7-8-20-32(31)44(62)76-54)52(72-40(58)28-16-4-3-15-27(28)38(56)70-50,53(68)73-41(59)29-17-5-6-18-30(29)42(60)74-53)83-79-47(65)34-22-10-9-21-33(34)46(64)78-82-51/h1-24,67-68H/t49-,50-,51-,52+/m1/s1. The van der Waals surface area contributed by atoms with Crippen LogP contribution in [-0.2, 0) is 77.0 Å². The Bertz CT molecular complexity index is 3910. The molecule has 6 aromatic carbocycles. The van der Waals surface area contributed by atoms with Crippen LogP contribution in [0.3, 0.4) is 0 Å². The highest BCUT2D eigenvalue weighted by molar-refractivity contribution is 6.08. The number of carbonyl (C=O) groups excluding carboxylic acids is 12. The predicted molar refractivity (Wildman–Crippen MR) is 249 cm³/mol. The Hall–Kier alpha value is -11.3. The molecule has 0 unspecified atom stereocenters. The molecule has 6 aliphatic heterocycles. The highest BCUT2D eigenvalue weighted by atomic mass is 17.3. The molecule has 6 aromatic rings. The van der Waals surface area contributed by atoms with Crippen molar-refractivity contribution in [3.8, 4) is 0 Å². The predicted octanol–water partition coefficient (Wildman–Crippen LogP) is 2.95. The molecule has 2 bridgehead atoms. The van der Waals surface area contributed by atoms with Gasteiger partial charge in [-0.2, -0.15) is 0 Å². The van der Waals surface area contributed by atoms with Crippen LogP contribution in [0.4, 0.5) is 0 Å². The van der Waals surface area contributed by atoms with Gasteiger partial charge in [0.15, 0.2) is 0 Å². The lowest BCUT2D eigenvalue weighted by Crippen LogP contribution is -2.90. The molecule has 0 saturated heterocycles. The van der Waals surface area contributed by atoms with Crippen molar-refractivity contribution in [2.75, 3.05) is 0 Å². The van der Waals surface area contributed by atoms with E-state index >= 15 is 19.2 Å². The Morgan fingerprint density at radius 1 is 0.226 bits per heavy atom. The summed E-state index contributed by atoms with van der Waals surface area (Å²) in [5.41, 5.74) is -12.3. The number of hydrogen-bond donors (Lipinski definition) is 2. The maximum Gasteiger partial charge on any atom is 0.493 e. The number of ether oxygens (including phenoxy) is 8. The molecule has 2 N–H and O–H groups in total. The summed E-state index contributed by atoms with van der Waals surface area (Å²) in [5, 5.41) is 28.3. The van der Waals surface area contributed by atoms with E-state index in [1.807, 2.05) is 0 Å². The van der Waals surface area contributed by atoms with Gasteiger partial charge < -0.3 is 48.1 Å². The van der Waals surface area contributed by atoms with Gasteiger partial charge in [0, 0.05) is 0 Å². The van der Waals surface area contributed by atoms with Crippen LogP contribution >= 0.6 is 0 Å². The molecule has 84 heavy (non-hydrogen) atoms. The summed E-state index contributed by atoms with van der Waals surface area (Å²) in [4.78, 5) is 222. The van der Waals surface area contributed by atoms with Crippen LogP contribution in [0.1, 0.15) is 124 Å². The van der Waals surface area contributed by atoms with Crippen LogP contribution in [-0.4, -0.2) is 117 Å². The molecular formula is C54H26O30. The zero-order chi connectivity index (χ0) is 59.1. The van der Waals surface area contributed by atoms with Crippen molar-refractivity contribution in [3.05, 3.63) is 212 Å². The summed E-state index contributed by atoms with van der Waals surface area (Å²) in [6.07, 6.45) is 0. The van der Waals surface area contributed by atoms with Crippen LogP contribution in [0.15, 0.2) is 146 Å². The van der Waals surface area contributed by atoms with Crippen molar-refractivity contribution in [2.24, 2.45) is 0 Å². The summed E-state index contributed by atoms with van der Waals surface area (Å²) in [6, 6.07) is 22.1. The lowest BCUT2D eigenvalue weighted by molar-refractivity contribution is -0.661. The monoisotopic (exact) mass is 1150 g/mol. The number of carbonyl (C=O) groups is 12. The zero-order valence-corrected chi connectivity index (χ0v) is 41.2. The van der Waals surface area contributed by atoms with Crippen molar-refractivity contribution in [2.45, 2.75) is 35.1 Å². The van der Waals surface area contributed by atoms with Gasteiger partial charge in [0.25, 0.3) is 0 Å². The average molecular weight is 1150 g/mol. The molecule has 12 rings (SSSR count). The van der Waals surface area contributed by atoms with Crippen molar-refractivity contribution >= 4 is 71.6 Å². The minimum Gasteiger partial charge on any atom is -0.415 e. The number of fused-ring (bicyclic) bond motifs is 6. The Balaban J connectivity index is 1.32. The molecular weight excluding hydrogens is 1130 g/mol. The zero-order valence-electron chi connectivity index (χ0n) is 41.2. The number of hydrogen-bond acceptors (Lipinski definition) is 30. The second kappa shape index (κ2) is 19.2. The van der Waals surface area contributed by atoms with Crippen LogP contribution in [0.2, 0.25) is 0 Å². The molecule has 0 saturated carbocycles. The first-order valence-corrected chi connectivity index (χ1v) is 23.7. The Kier molecular flexibility index (Phi) is 12.2. The Morgan fingerprint density at radius 3 is 0.762 bits per heavy atom. The molecule has 0 aliphatic carbocycles. The second-order valence-corrected chi connectivity index (χ2v) is 17.8. The van der Waals surface area contributed by atoms with Gasteiger partial charge in [-0.1, -0.05) is 77.7 Å². The third kappa shape index (κ3) is 7.67. The summed E-state index contributed by atoms with van der Waals surface area (Å²) in [7, 11) is 0. The SMILES string of the molecule is O=C1OOC2(OC(=O)c3ccccc3C(=O)O2)[C@]23OOC(=O)c4ccccc4C(=O)OO[C@@]4(C5(O)OC(=O)c6ccccc6C(=O)O5)OC(=O)c5ccccc5C(=O)O[C@@]4(OOC(=O)c4ccccc41)[C@@]2(O)OC(=O)c1ccccc1C(=O)O3. The van der Waals surface area contributed by atoms with Crippen LogP contribution in [0.5, 0.6) is 0 Å². The third-order valence-corrected chi connectivity index (χ3v) is 13.1. The van der Waals surface area contributed by atoms with E-state index in [-0.39, 0.29) is 0 Å². The maximum absolute atomic E-state index is 15.5. The van der Waals surface area contributed by atoms with Gasteiger partial charge in [0.1, 0.15) is 0 Å². The first kappa shape index (κ1) is 53.4. The number of cyclic esters (lactones) is 2. The molecule has 4 atom stereocenters. The van der Waals surface area contributed by atoms with Gasteiger partial charge >= 0.3 is 107 Å². The van der Waals surface area contributed by atoms with Gasteiger partial charge in [0.05, 0.1) is 66.8 Å². The quantitative estimate of drug-likeness (QED) is 0.136. The highest BCUT2D eigenvalue weighted by Gasteiger charge is 2.99. The maximum atomic E-state index is 15.5. The van der Waals surface area contributed by atoms with E-state index in [2.05, 4.69) is 0 Å². The van der Waals surface area contributed by atoms with Gasteiger partial charge in [-0.3, -0.25) is 19.6 Å². The van der Waals surface area contributed by atoms with Crippen molar-refractivity contribution in [1.29, 1.82) is 0 Å². The van der Waals surface area contributed by atoms with E-state index in [0.29, 0.717) is 0 Å². The largest absolute Gasteiger partial charge is 0.493 e. The van der Waals surface area contributed by atoms with Crippen LogP contribution in [0.25, 0.3) is 0 Å². The Labute approximate surface area is 462 Å². The normalized spacial score (nSPS) is 25.2. The summed E-state index contributed by atoms with van der Waals surface area (Å²) >= 11 is 0. The van der Waals surface area contributed by atoms with E-state index in [4.69, 9.17) is 77.0 Å². The fraction of sp³-hybridized carbons (Fsp3) is 0.111. The lowest BCUT2D eigenvalue weighted by atomic mass is 9.83. The van der Waals surface area contributed by atoms with Crippen molar-refractivity contribution in [3.63, 3.8) is 0 Å². The summed E-state index contributed by atoms with van der Waals surface area (Å²) in [5.74, 6) is -58.3. The van der Waals surface area contributed by atoms with Crippen LogP contribution < -0.4 is 0 Å². The van der Waals surface area contributed by atoms with E-state index in [0.717, 1.165) is 146 Å².